The normalized spacial score (nSPS) is 18.1. The van der Waals surface area contributed by atoms with Crippen LogP contribution in [0.15, 0.2) is 23.8 Å². The molecule has 0 aliphatic heterocycles. The van der Waals surface area contributed by atoms with Crippen molar-refractivity contribution in [2.75, 3.05) is 0 Å². The van der Waals surface area contributed by atoms with Crippen molar-refractivity contribution >= 4 is 0 Å². The van der Waals surface area contributed by atoms with Gasteiger partial charge in [0.15, 0.2) is 0 Å². The Balaban J connectivity index is 3.70. The number of rotatable bonds is 3. The van der Waals surface area contributed by atoms with Gasteiger partial charge in [0.1, 0.15) is 0 Å². The molecular weight excluding hydrogens is 108 g/mol. The molecule has 0 unspecified atom stereocenters. The van der Waals surface area contributed by atoms with Crippen molar-refractivity contribution < 1.29 is 1.37 Å². The monoisotopic (exact) mass is 125 g/mol. The van der Waals surface area contributed by atoms with Crippen LogP contribution >= 0.6 is 0 Å². The summed E-state index contributed by atoms with van der Waals surface area (Å²) in [5.41, 5.74) is 1.36. The van der Waals surface area contributed by atoms with Crippen LogP contribution in [0, 0.1) is 0 Å². The van der Waals surface area contributed by atoms with E-state index in [-0.39, 0.29) is 6.40 Å². The van der Waals surface area contributed by atoms with E-state index < -0.39 is 0 Å². The topological polar surface area (TPSA) is 0 Å². The third kappa shape index (κ3) is 5.35. The van der Waals surface area contributed by atoms with Gasteiger partial charge in [0.2, 0.25) is 0 Å². The zero-order valence-electron chi connectivity index (χ0n) is 7.52. The van der Waals surface area contributed by atoms with Crippen molar-refractivity contribution in [1.82, 2.24) is 0 Å². The van der Waals surface area contributed by atoms with Crippen molar-refractivity contribution in [2.45, 2.75) is 33.6 Å². The van der Waals surface area contributed by atoms with E-state index in [9.17, 15) is 0 Å². The molecular formula is C9H16. The van der Waals surface area contributed by atoms with Crippen LogP contribution in [0.3, 0.4) is 0 Å². The van der Waals surface area contributed by atoms with Crippen LogP contribution in [0.25, 0.3) is 0 Å². The fraction of sp³-hybridized carbons (Fsp3) is 0.556. The van der Waals surface area contributed by atoms with Crippen LogP contribution in [-0.2, 0) is 0 Å². The van der Waals surface area contributed by atoms with Gasteiger partial charge in [-0.1, -0.05) is 37.6 Å². The second kappa shape index (κ2) is 5.61. The molecule has 0 radical (unpaired) electrons. The summed E-state index contributed by atoms with van der Waals surface area (Å²) in [4.78, 5) is 0. The predicted molar refractivity (Wildman–Crippen MR) is 43.5 cm³/mol. The molecule has 9 heavy (non-hydrogen) atoms. The highest BCUT2D eigenvalue weighted by atomic mass is 13.8. The summed E-state index contributed by atoms with van der Waals surface area (Å²) in [6.07, 6.45) is 6.90. The smallest absolute Gasteiger partial charge is 0.0307 e. The lowest BCUT2D eigenvalue weighted by atomic mass is 10.2. The highest BCUT2D eigenvalue weighted by Crippen LogP contribution is 1.97. The fourth-order valence-electron chi connectivity index (χ4n) is 0.449. The molecule has 0 N–H and O–H groups in total. The highest BCUT2D eigenvalue weighted by Gasteiger charge is 1.76. The molecule has 0 aromatic heterocycles. The Kier molecular flexibility index (Phi) is 4.12. The molecule has 0 saturated heterocycles. The molecule has 0 bridgehead atoms. The zero-order valence-corrected chi connectivity index (χ0v) is 6.52. The Labute approximate surface area is 59.7 Å². The first kappa shape index (κ1) is 6.60. The van der Waals surface area contributed by atoms with Crippen molar-refractivity contribution in [2.24, 2.45) is 0 Å². The van der Waals surface area contributed by atoms with E-state index >= 15 is 0 Å². The number of hydrogen-bond donors (Lipinski definition) is 0. The van der Waals surface area contributed by atoms with Crippen molar-refractivity contribution in [3.8, 4) is 0 Å². The van der Waals surface area contributed by atoms with Gasteiger partial charge < -0.3 is 0 Å². The molecule has 0 aromatic rings. The van der Waals surface area contributed by atoms with Gasteiger partial charge in [0.05, 0.1) is 0 Å². The average Bonchev–Trinajstić information content (AvgIpc) is 1.87. The molecule has 0 nitrogen and oxygen atoms in total. The molecule has 0 fully saturated rings. The summed E-state index contributed by atoms with van der Waals surface area (Å²) in [6, 6.07) is 0. The second-order valence-electron chi connectivity index (χ2n) is 2.08. The van der Waals surface area contributed by atoms with E-state index in [1.54, 1.807) is 0 Å². The fourth-order valence-corrected chi connectivity index (χ4v) is 0.449. The van der Waals surface area contributed by atoms with Gasteiger partial charge in [0.25, 0.3) is 0 Å². The van der Waals surface area contributed by atoms with E-state index in [1.807, 2.05) is 19.1 Å². The predicted octanol–water partition coefficient (Wildman–Crippen LogP) is 3.31. The average molecular weight is 125 g/mol. The lowest BCUT2D eigenvalue weighted by molar-refractivity contribution is 1.10. The summed E-state index contributed by atoms with van der Waals surface area (Å²) in [5, 5.41) is 0. The van der Waals surface area contributed by atoms with Crippen molar-refractivity contribution in [3.05, 3.63) is 23.8 Å². The van der Waals surface area contributed by atoms with E-state index in [4.69, 9.17) is 1.37 Å². The van der Waals surface area contributed by atoms with Gasteiger partial charge in [-0.15, -0.1) is 0 Å². The molecule has 0 aromatic carbocycles. The lowest BCUT2D eigenvalue weighted by Crippen LogP contribution is -1.66. The summed E-state index contributed by atoms with van der Waals surface area (Å²) in [5.74, 6) is 0. The Hall–Kier alpha value is -0.520. The second-order valence-corrected chi connectivity index (χ2v) is 2.08. The summed E-state index contributed by atoms with van der Waals surface area (Å²) in [7, 11) is 0. The Morgan fingerprint density at radius 2 is 2.22 bits per heavy atom. The summed E-state index contributed by atoms with van der Waals surface area (Å²) >= 11 is 0. The Bertz CT molecular complexity index is 132. The minimum atomic E-state index is -0.0825. The van der Waals surface area contributed by atoms with Gasteiger partial charge in [0, 0.05) is 1.37 Å². The van der Waals surface area contributed by atoms with Crippen LogP contribution < -0.4 is 0 Å². The van der Waals surface area contributed by atoms with E-state index in [0.29, 0.717) is 0 Å². The van der Waals surface area contributed by atoms with Crippen molar-refractivity contribution in [1.29, 1.82) is 0 Å². The molecule has 0 aliphatic carbocycles. The maximum atomic E-state index is 7.16. The van der Waals surface area contributed by atoms with Crippen LogP contribution in [0.2, 0.25) is 0 Å². The molecule has 0 saturated carbocycles. The van der Waals surface area contributed by atoms with E-state index in [2.05, 4.69) is 19.9 Å². The van der Waals surface area contributed by atoms with Crippen LogP contribution in [0.5, 0.6) is 0 Å². The van der Waals surface area contributed by atoms with Crippen LogP contribution in [0.4, 0.5) is 0 Å². The largest absolute Gasteiger partial charge is 0.0848 e. The van der Waals surface area contributed by atoms with E-state index in [0.717, 1.165) is 6.42 Å². The standard InChI is InChI=1S/C9H16/c1-4-6-7-8-9(3)5-2/h6-8H,4-5H2,1-3H3/b7-6-,9-8+/i4D/t4-/m0/s1. The molecule has 0 aliphatic rings. The minimum Gasteiger partial charge on any atom is -0.0848 e. The summed E-state index contributed by atoms with van der Waals surface area (Å²) < 4.78 is 7.16. The third-order valence-corrected chi connectivity index (χ3v) is 1.24. The highest BCUT2D eigenvalue weighted by molar-refractivity contribution is 5.09. The lowest BCUT2D eigenvalue weighted by Gasteiger charge is -1.87. The minimum absolute atomic E-state index is 0.0825. The first-order valence-electron chi connectivity index (χ1n) is 4.00. The van der Waals surface area contributed by atoms with Gasteiger partial charge in [-0.2, -0.15) is 0 Å². The van der Waals surface area contributed by atoms with Crippen molar-refractivity contribution in [3.63, 3.8) is 0 Å². The molecule has 0 heterocycles. The Morgan fingerprint density at radius 1 is 1.56 bits per heavy atom. The number of hydrogen-bond acceptors (Lipinski definition) is 0. The van der Waals surface area contributed by atoms with E-state index in [1.165, 1.54) is 5.57 Å². The van der Waals surface area contributed by atoms with Gasteiger partial charge in [-0.05, 0) is 19.7 Å². The molecule has 0 amide bonds. The van der Waals surface area contributed by atoms with Crippen LogP contribution in [0.1, 0.15) is 35.0 Å². The molecule has 52 valence electrons. The maximum absolute atomic E-state index is 7.16. The van der Waals surface area contributed by atoms with Crippen LogP contribution in [-0.4, -0.2) is 0 Å². The first-order valence-corrected chi connectivity index (χ1v) is 3.43. The van der Waals surface area contributed by atoms with Gasteiger partial charge in [-0.25, -0.2) is 0 Å². The Morgan fingerprint density at radius 3 is 2.67 bits per heavy atom. The first-order chi connectivity index (χ1) is 4.66. The SMILES string of the molecule is [2H][C@@H](C)/C=C\C=C(/C)CC. The number of allylic oxidation sites excluding steroid dienone is 4. The maximum Gasteiger partial charge on any atom is 0.0307 e. The zero-order chi connectivity index (χ0) is 7.98. The molecule has 0 spiro atoms. The third-order valence-electron chi connectivity index (χ3n) is 1.24. The molecule has 1 atom stereocenters. The molecule has 0 heteroatoms. The molecule has 0 rings (SSSR count). The summed E-state index contributed by atoms with van der Waals surface area (Å²) in [6.45, 7) is 6.08. The van der Waals surface area contributed by atoms with Gasteiger partial charge in [-0.3, -0.25) is 0 Å². The van der Waals surface area contributed by atoms with Gasteiger partial charge >= 0.3 is 0 Å². The quantitative estimate of drug-likeness (QED) is 0.508.